The minimum atomic E-state index is -1.11. The molecule has 1 atom stereocenters. The molecule has 0 aromatic rings. The van der Waals surface area contributed by atoms with Gasteiger partial charge in [0.25, 0.3) is 0 Å². The van der Waals surface area contributed by atoms with Gasteiger partial charge >= 0.3 is 5.97 Å². The molecule has 0 radical (unpaired) electrons. The summed E-state index contributed by atoms with van der Waals surface area (Å²) in [6.45, 7) is 0. The number of nitrogens with two attached hydrogens (primary N) is 2. The summed E-state index contributed by atoms with van der Waals surface area (Å²) in [5.74, 6) is -1.36. The summed E-state index contributed by atoms with van der Waals surface area (Å²) >= 11 is 0. The Hall–Kier alpha value is -1.30. The van der Waals surface area contributed by atoms with Gasteiger partial charge in [-0.2, -0.15) is 0 Å². The lowest BCUT2D eigenvalue weighted by Gasteiger charge is -2.04. The highest BCUT2D eigenvalue weighted by Gasteiger charge is 2.11. The fourth-order valence-electron chi connectivity index (χ4n) is 0.392. The number of rotatable bonds is 3. The summed E-state index contributed by atoms with van der Waals surface area (Å²) in [5, 5.41) is 10.7. The Morgan fingerprint density at radius 1 is 1.70 bits per heavy atom. The van der Waals surface area contributed by atoms with Crippen LogP contribution in [0.2, 0.25) is 0 Å². The molecule has 6 N–H and O–H groups in total. The second-order valence-electron chi connectivity index (χ2n) is 1.58. The van der Waals surface area contributed by atoms with Crippen LogP contribution >= 0.6 is 0 Å². The highest BCUT2D eigenvalue weighted by atomic mass is 16.4. The van der Waals surface area contributed by atoms with E-state index < -0.39 is 12.1 Å². The maximum absolute atomic E-state index is 10.2. The third kappa shape index (κ3) is 2.88. The summed E-state index contributed by atoms with van der Waals surface area (Å²) in [7, 11) is 1.45. The van der Waals surface area contributed by atoms with Crippen LogP contribution < -0.4 is 16.8 Å². The fraction of sp³-hybridized carbons (Fsp3) is 0.500. The number of nitrogens with zero attached hydrogens (tertiary/aromatic N) is 1. The van der Waals surface area contributed by atoms with E-state index in [1.54, 1.807) is 0 Å². The molecule has 0 aromatic heterocycles. The van der Waals surface area contributed by atoms with Crippen LogP contribution in [0.3, 0.4) is 0 Å². The van der Waals surface area contributed by atoms with Crippen molar-refractivity contribution in [1.29, 1.82) is 0 Å². The largest absolute Gasteiger partial charge is 0.479 e. The van der Waals surface area contributed by atoms with Crippen LogP contribution in [0.15, 0.2) is 4.99 Å². The van der Waals surface area contributed by atoms with E-state index >= 15 is 0 Å². The van der Waals surface area contributed by atoms with Crippen LogP contribution in [0.1, 0.15) is 0 Å². The van der Waals surface area contributed by atoms with Gasteiger partial charge in [0, 0.05) is 0 Å². The molecule has 0 fully saturated rings. The van der Waals surface area contributed by atoms with Crippen LogP contribution in [0.4, 0.5) is 0 Å². The number of likely N-dealkylation sites (N-methyl/N-ethyl adjacent to an activating group) is 1. The van der Waals surface area contributed by atoms with Gasteiger partial charge in [0.1, 0.15) is 0 Å². The Kier molecular flexibility index (Phi) is 3.20. The highest BCUT2D eigenvalue weighted by Crippen LogP contribution is 1.82. The van der Waals surface area contributed by atoms with Crippen molar-refractivity contribution in [2.24, 2.45) is 16.5 Å². The number of hydrogen-bond donors (Lipinski definition) is 4. The van der Waals surface area contributed by atoms with E-state index in [0.717, 1.165) is 0 Å². The third-order valence-corrected chi connectivity index (χ3v) is 0.786. The molecule has 0 spiro atoms. The maximum atomic E-state index is 10.2. The summed E-state index contributed by atoms with van der Waals surface area (Å²) in [6, 6.07) is 0. The maximum Gasteiger partial charge on any atom is 0.343 e. The topological polar surface area (TPSA) is 114 Å². The van der Waals surface area contributed by atoms with Crippen LogP contribution in [0, 0.1) is 0 Å². The number of guanidine groups is 1. The first-order valence-electron chi connectivity index (χ1n) is 2.56. The van der Waals surface area contributed by atoms with E-state index in [2.05, 4.69) is 10.3 Å². The van der Waals surface area contributed by atoms with Gasteiger partial charge in [-0.3, -0.25) is 5.32 Å². The molecule has 0 rings (SSSR count). The molecular weight excluding hydrogens is 136 g/mol. The number of hydrogen-bond acceptors (Lipinski definition) is 3. The molecule has 6 heteroatoms. The van der Waals surface area contributed by atoms with Crippen molar-refractivity contribution in [2.45, 2.75) is 6.17 Å². The average molecular weight is 146 g/mol. The average Bonchev–Trinajstić information content (AvgIpc) is 1.81. The van der Waals surface area contributed by atoms with E-state index in [4.69, 9.17) is 16.6 Å². The zero-order valence-corrected chi connectivity index (χ0v) is 5.53. The molecule has 0 aliphatic carbocycles. The van der Waals surface area contributed by atoms with Crippen molar-refractivity contribution in [3.05, 3.63) is 0 Å². The van der Waals surface area contributed by atoms with Crippen molar-refractivity contribution in [3.8, 4) is 0 Å². The predicted molar refractivity (Wildman–Crippen MR) is 36.3 cm³/mol. The third-order valence-electron chi connectivity index (χ3n) is 0.786. The minimum absolute atomic E-state index is 0.248. The van der Waals surface area contributed by atoms with Crippen molar-refractivity contribution in [1.82, 2.24) is 5.32 Å². The normalized spacial score (nSPS) is 12.1. The smallest absolute Gasteiger partial charge is 0.343 e. The Bertz CT molecular complexity index is 151. The molecule has 0 aliphatic heterocycles. The Morgan fingerprint density at radius 3 is 2.30 bits per heavy atom. The molecule has 0 bridgehead atoms. The van der Waals surface area contributed by atoms with Crippen LogP contribution in [0.25, 0.3) is 0 Å². The van der Waals surface area contributed by atoms with E-state index in [1.165, 1.54) is 7.05 Å². The first kappa shape index (κ1) is 8.70. The second-order valence-corrected chi connectivity index (χ2v) is 1.58. The molecule has 6 nitrogen and oxygen atoms in total. The Labute approximate surface area is 57.9 Å². The predicted octanol–water partition coefficient (Wildman–Crippen LogP) is -2.11. The molecule has 58 valence electrons. The van der Waals surface area contributed by atoms with Crippen molar-refractivity contribution in [2.75, 3.05) is 7.05 Å². The van der Waals surface area contributed by atoms with E-state index in [-0.39, 0.29) is 5.96 Å². The standard InChI is InChI=1S/C4H10N4O2/c1-7-2(3(9)10)8-4(5)6/h2,7H,1H3,(H,9,10)(H4,5,6,8). The van der Waals surface area contributed by atoms with Gasteiger partial charge in [0.2, 0.25) is 6.17 Å². The molecule has 0 saturated heterocycles. The molecular formula is C4H10N4O2. The lowest BCUT2D eigenvalue weighted by atomic mass is 10.5. The van der Waals surface area contributed by atoms with Gasteiger partial charge in [0.15, 0.2) is 5.96 Å². The monoisotopic (exact) mass is 146 g/mol. The summed E-state index contributed by atoms with van der Waals surface area (Å²) < 4.78 is 0. The molecule has 0 amide bonds. The zero-order chi connectivity index (χ0) is 8.15. The van der Waals surface area contributed by atoms with Gasteiger partial charge in [0.05, 0.1) is 0 Å². The van der Waals surface area contributed by atoms with Gasteiger partial charge < -0.3 is 16.6 Å². The Balaban J connectivity index is 4.09. The molecule has 10 heavy (non-hydrogen) atoms. The first-order valence-corrected chi connectivity index (χ1v) is 2.56. The van der Waals surface area contributed by atoms with Gasteiger partial charge in [-0.05, 0) is 7.05 Å². The van der Waals surface area contributed by atoms with Crippen LogP contribution in [0.5, 0.6) is 0 Å². The summed E-state index contributed by atoms with van der Waals surface area (Å²) in [5.41, 5.74) is 9.86. The van der Waals surface area contributed by atoms with Crippen LogP contribution in [-0.4, -0.2) is 30.2 Å². The van der Waals surface area contributed by atoms with Gasteiger partial charge in [-0.25, -0.2) is 9.79 Å². The van der Waals surface area contributed by atoms with E-state index in [9.17, 15) is 4.79 Å². The van der Waals surface area contributed by atoms with Crippen LogP contribution in [-0.2, 0) is 4.79 Å². The molecule has 0 heterocycles. The van der Waals surface area contributed by atoms with E-state index in [0.29, 0.717) is 0 Å². The van der Waals surface area contributed by atoms with Gasteiger partial charge in [-0.1, -0.05) is 0 Å². The SMILES string of the molecule is CNC(N=C(N)N)C(=O)O. The summed E-state index contributed by atoms with van der Waals surface area (Å²) in [6.07, 6.45) is -1.05. The van der Waals surface area contributed by atoms with Gasteiger partial charge in [-0.15, -0.1) is 0 Å². The zero-order valence-electron chi connectivity index (χ0n) is 5.53. The lowest BCUT2D eigenvalue weighted by molar-refractivity contribution is -0.139. The number of aliphatic imine (C=N–C) groups is 1. The number of carboxylic acid groups (broad SMARTS) is 1. The molecule has 1 unspecified atom stereocenters. The number of carbonyl (C=O) groups is 1. The molecule has 0 aliphatic rings. The Morgan fingerprint density at radius 2 is 2.20 bits per heavy atom. The number of nitrogens with one attached hydrogen (secondary N) is 1. The lowest BCUT2D eigenvalue weighted by Crippen LogP contribution is -2.36. The molecule has 0 aromatic carbocycles. The number of carboxylic acids is 1. The second kappa shape index (κ2) is 3.67. The number of aliphatic carboxylic acids is 1. The fourth-order valence-corrected chi connectivity index (χ4v) is 0.392. The first-order chi connectivity index (χ1) is 4.57. The van der Waals surface area contributed by atoms with Crippen molar-refractivity contribution >= 4 is 11.9 Å². The van der Waals surface area contributed by atoms with E-state index in [1.807, 2.05) is 0 Å². The van der Waals surface area contributed by atoms with Crippen molar-refractivity contribution in [3.63, 3.8) is 0 Å². The quantitative estimate of drug-likeness (QED) is 0.269. The van der Waals surface area contributed by atoms with Crippen molar-refractivity contribution < 1.29 is 9.90 Å². The minimum Gasteiger partial charge on any atom is -0.479 e. The highest BCUT2D eigenvalue weighted by molar-refractivity contribution is 5.81. The molecule has 0 saturated carbocycles. The summed E-state index contributed by atoms with van der Waals surface area (Å²) in [4.78, 5) is 13.5.